The molecule has 0 aliphatic carbocycles. The Kier molecular flexibility index (Phi) is 6.49. The summed E-state index contributed by atoms with van der Waals surface area (Å²) in [4.78, 5) is 0.0321. The number of hydrogen-bond acceptors (Lipinski definition) is 3. The molecule has 2 aromatic rings. The Balaban J connectivity index is 2.26. The third-order valence-corrected chi connectivity index (χ3v) is 4.45. The highest BCUT2D eigenvalue weighted by Crippen LogP contribution is 2.36. The van der Waals surface area contributed by atoms with E-state index in [0.717, 1.165) is 5.56 Å². The van der Waals surface area contributed by atoms with Gasteiger partial charge >= 0.3 is 0 Å². The van der Waals surface area contributed by atoms with Crippen molar-refractivity contribution >= 4 is 55.1 Å². The number of nitrogens with two attached hydrogens (primary N) is 1. The first-order valence-corrected chi connectivity index (χ1v) is 8.68. The van der Waals surface area contributed by atoms with Crippen molar-refractivity contribution in [1.82, 2.24) is 0 Å². The molecule has 2 N–H and O–H groups in total. The Morgan fingerprint density at radius 2 is 1.92 bits per heavy atom. The SMILES string of the molecule is N#C/C(=C\c1cc(Br)c(OCc2ccccc2F)c(Br)c1)C(N)=S. The zero-order chi connectivity index (χ0) is 17.7. The van der Waals surface area contributed by atoms with Crippen LogP contribution in [0.1, 0.15) is 11.1 Å². The molecule has 0 aromatic heterocycles. The lowest BCUT2D eigenvalue weighted by Crippen LogP contribution is -2.09. The van der Waals surface area contributed by atoms with Gasteiger partial charge in [0, 0.05) is 5.56 Å². The maximum atomic E-state index is 13.6. The molecule has 122 valence electrons. The summed E-state index contributed by atoms with van der Waals surface area (Å²) in [5, 5.41) is 9.02. The largest absolute Gasteiger partial charge is 0.486 e. The molecule has 24 heavy (non-hydrogen) atoms. The highest BCUT2D eigenvalue weighted by Gasteiger charge is 2.11. The van der Waals surface area contributed by atoms with Crippen LogP contribution >= 0.6 is 44.1 Å². The van der Waals surface area contributed by atoms with Crippen LogP contribution in [0.25, 0.3) is 6.08 Å². The van der Waals surface area contributed by atoms with Gasteiger partial charge in [0.25, 0.3) is 0 Å². The summed E-state index contributed by atoms with van der Waals surface area (Å²) in [6.45, 7) is 0.0926. The normalized spacial score (nSPS) is 11.0. The third kappa shape index (κ3) is 4.63. The Morgan fingerprint density at radius 3 is 2.46 bits per heavy atom. The number of hydrogen-bond donors (Lipinski definition) is 1. The Bertz CT molecular complexity index is 839. The van der Waals surface area contributed by atoms with E-state index >= 15 is 0 Å². The smallest absolute Gasteiger partial charge is 0.148 e. The van der Waals surface area contributed by atoms with Gasteiger partial charge in [0.2, 0.25) is 0 Å². The molecule has 0 heterocycles. The zero-order valence-electron chi connectivity index (χ0n) is 12.2. The monoisotopic (exact) mass is 468 g/mol. The summed E-state index contributed by atoms with van der Waals surface area (Å²) >= 11 is 11.6. The van der Waals surface area contributed by atoms with Crippen molar-refractivity contribution in [1.29, 1.82) is 5.26 Å². The number of benzene rings is 2. The molecule has 0 unspecified atom stereocenters. The molecule has 0 spiro atoms. The lowest BCUT2D eigenvalue weighted by molar-refractivity contribution is 0.296. The molecule has 0 aliphatic heterocycles. The van der Waals surface area contributed by atoms with Gasteiger partial charge in [-0.1, -0.05) is 30.4 Å². The quantitative estimate of drug-likeness (QED) is 0.375. The number of rotatable bonds is 5. The summed E-state index contributed by atoms with van der Waals surface area (Å²) in [7, 11) is 0. The molecule has 7 heteroatoms. The molecule has 0 fully saturated rings. The van der Waals surface area contributed by atoms with Gasteiger partial charge in [0.05, 0.1) is 14.5 Å². The first kappa shape index (κ1) is 18.6. The van der Waals surface area contributed by atoms with Gasteiger partial charge in [0.15, 0.2) is 0 Å². The van der Waals surface area contributed by atoms with Gasteiger partial charge in [-0.05, 0) is 61.7 Å². The molecule has 2 aromatic carbocycles. The Hall–Kier alpha value is -1.75. The maximum Gasteiger partial charge on any atom is 0.148 e. The minimum Gasteiger partial charge on any atom is -0.486 e. The zero-order valence-corrected chi connectivity index (χ0v) is 16.2. The van der Waals surface area contributed by atoms with Gasteiger partial charge in [-0.2, -0.15) is 5.26 Å². The van der Waals surface area contributed by atoms with Crippen LogP contribution in [-0.4, -0.2) is 4.99 Å². The molecule has 2 rings (SSSR count). The van der Waals surface area contributed by atoms with E-state index in [2.05, 4.69) is 31.9 Å². The van der Waals surface area contributed by atoms with Crippen molar-refractivity contribution in [3.05, 3.63) is 67.9 Å². The van der Waals surface area contributed by atoms with Crippen molar-refractivity contribution in [2.45, 2.75) is 6.61 Å². The number of ether oxygens (including phenoxy) is 1. The predicted octanol–water partition coefficient (Wildman–Crippen LogP) is 5.12. The molecule has 0 bridgehead atoms. The van der Waals surface area contributed by atoms with Crippen molar-refractivity contribution in [2.75, 3.05) is 0 Å². The van der Waals surface area contributed by atoms with Crippen LogP contribution in [0.15, 0.2) is 50.9 Å². The van der Waals surface area contributed by atoms with E-state index in [1.54, 1.807) is 36.4 Å². The topological polar surface area (TPSA) is 59.0 Å². The van der Waals surface area contributed by atoms with Crippen LogP contribution in [0.2, 0.25) is 0 Å². The number of halogens is 3. The highest BCUT2D eigenvalue weighted by molar-refractivity contribution is 9.11. The summed E-state index contributed by atoms with van der Waals surface area (Å²) in [5.74, 6) is 0.212. The fraction of sp³-hybridized carbons (Fsp3) is 0.0588. The van der Waals surface area contributed by atoms with E-state index in [1.807, 2.05) is 6.07 Å². The molecular formula is C17H11Br2FN2OS. The van der Waals surface area contributed by atoms with Crippen LogP contribution in [0.3, 0.4) is 0 Å². The lowest BCUT2D eigenvalue weighted by atomic mass is 10.1. The second-order valence-corrected chi connectivity index (χ2v) is 6.88. The molecule has 0 amide bonds. The first-order chi connectivity index (χ1) is 11.4. The van der Waals surface area contributed by atoms with E-state index in [9.17, 15) is 4.39 Å². The molecule has 0 atom stereocenters. The van der Waals surface area contributed by atoms with Crippen molar-refractivity contribution in [3.63, 3.8) is 0 Å². The van der Waals surface area contributed by atoms with Gasteiger partial charge in [-0.3, -0.25) is 0 Å². The van der Waals surface area contributed by atoms with Crippen molar-refractivity contribution in [3.8, 4) is 11.8 Å². The van der Waals surface area contributed by atoms with Crippen LogP contribution in [0.5, 0.6) is 5.75 Å². The van der Waals surface area contributed by atoms with E-state index in [1.165, 1.54) is 6.07 Å². The fourth-order valence-electron chi connectivity index (χ4n) is 1.89. The second kappa shape index (κ2) is 8.38. The summed E-state index contributed by atoms with van der Waals surface area (Å²) < 4.78 is 20.7. The summed E-state index contributed by atoms with van der Waals surface area (Å²) in [6.07, 6.45) is 1.58. The molecule has 3 nitrogen and oxygen atoms in total. The summed E-state index contributed by atoms with van der Waals surface area (Å²) in [6, 6.07) is 11.9. The average Bonchev–Trinajstić information content (AvgIpc) is 2.53. The third-order valence-electron chi connectivity index (χ3n) is 3.05. The van der Waals surface area contributed by atoms with Crippen LogP contribution in [0.4, 0.5) is 4.39 Å². The van der Waals surface area contributed by atoms with Gasteiger partial charge in [0.1, 0.15) is 29.2 Å². The highest BCUT2D eigenvalue weighted by atomic mass is 79.9. The van der Waals surface area contributed by atoms with E-state index in [4.69, 9.17) is 28.0 Å². The number of nitriles is 1. The van der Waals surface area contributed by atoms with Gasteiger partial charge in [-0.25, -0.2) is 4.39 Å². The summed E-state index contributed by atoms with van der Waals surface area (Å²) in [5.41, 5.74) is 6.87. The minimum atomic E-state index is -0.320. The molecule has 0 aliphatic rings. The van der Waals surface area contributed by atoms with E-state index < -0.39 is 0 Å². The van der Waals surface area contributed by atoms with E-state index in [0.29, 0.717) is 20.3 Å². The first-order valence-electron chi connectivity index (χ1n) is 6.69. The van der Waals surface area contributed by atoms with Crippen molar-refractivity contribution in [2.24, 2.45) is 5.73 Å². The van der Waals surface area contributed by atoms with Crippen LogP contribution in [0, 0.1) is 17.1 Å². The standard InChI is InChI=1S/C17H11Br2FN2OS/c18-13-6-10(5-12(8-21)17(22)24)7-14(19)16(13)23-9-11-3-1-2-4-15(11)20/h1-7H,9H2,(H2,22,24)/b12-5+. The van der Waals surface area contributed by atoms with Crippen LogP contribution in [-0.2, 0) is 6.61 Å². The average molecular weight is 470 g/mol. The maximum absolute atomic E-state index is 13.6. The number of nitrogens with zero attached hydrogens (tertiary/aromatic N) is 1. The Morgan fingerprint density at radius 1 is 1.29 bits per heavy atom. The number of thiocarbonyl (C=S) groups is 1. The minimum absolute atomic E-state index is 0.0321. The Labute approximate surface area is 161 Å². The van der Waals surface area contributed by atoms with Crippen molar-refractivity contribution < 1.29 is 9.13 Å². The van der Waals surface area contributed by atoms with Gasteiger partial charge < -0.3 is 10.5 Å². The molecule has 0 radical (unpaired) electrons. The van der Waals surface area contributed by atoms with E-state index in [-0.39, 0.29) is 23.0 Å². The molecule has 0 saturated heterocycles. The predicted molar refractivity (Wildman–Crippen MR) is 103 cm³/mol. The molecule has 0 saturated carbocycles. The lowest BCUT2D eigenvalue weighted by Gasteiger charge is -2.12. The van der Waals surface area contributed by atoms with Crippen LogP contribution < -0.4 is 10.5 Å². The van der Waals surface area contributed by atoms with Gasteiger partial charge in [-0.15, -0.1) is 0 Å². The fourth-order valence-corrected chi connectivity index (χ4v) is 3.45. The second-order valence-electron chi connectivity index (χ2n) is 4.73. The molecular weight excluding hydrogens is 459 g/mol.